The second-order valence-corrected chi connectivity index (χ2v) is 18.7. The number of benzene rings is 5. The molecule has 6 rings (SSSR count). The van der Waals surface area contributed by atoms with Crippen molar-refractivity contribution in [1.29, 1.82) is 5.26 Å². The summed E-state index contributed by atoms with van der Waals surface area (Å²) in [5.41, 5.74) is 0.138. The number of anilines is 5. The molecule has 0 aliphatic carbocycles. The van der Waals surface area contributed by atoms with Crippen LogP contribution in [0.2, 0.25) is 0 Å². The number of fused-ring (bicyclic) bond motifs is 1. The zero-order valence-corrected chi connectivity index (χ0v) is 35.3. The predicted molar refractivity (Wildman–Crippen MR) is 225 cm³/mol. The van der Waals surface area contributed by atoms with Gasteiger partial charge in [-0.2, -0.15) is 38.9 Å². The molecule has 1 amide bonds. The van der Waals surface area contributed by atoms with Gasteiger partial charge in [-0.1, -0.05) is 6.07 Å². The van der Waals surface area contributed by atoms with E-state index in [4.69, 9.17) is 0 Å². The van der Waals surface area contributed by atoms with Crippen molar-refractivity contribution in [2.45, 2.75) is 33.4 Å². The molecule has 324 valence electrons. The third-order valence-corrected chi connectivity index (χ3v) is 12.1. The number of rotatable bonds is 13. The molecule has 0 saturated carbocycles. The molecule has 1 heterocycles. The minimum absolute atomic E-state index is 0.00186. The number of hydrogen-bond acceptors (Lipinski definition) is 17. The lowest BCUT2D eigenvalue weighted by Crippen LogP contribution is -2.07. The zero-order valence-electron chi connectivity index (χ0n) is 32.0. The van der Waals surface area contributed by atoms with Crippen LogP contribution in [0.3, 0.4) is 0 Å². The highest BCUT2D eigenvalue weighted by molar-refractivity contribution is 7.86. The normalized spacial score (nSPS) is 12.4. The molecule has 6 aromatic rings. The number of amides is 1. The molecule has 7 N–H and O–H groups in total. The number of hydrogen-bond donors (Lipinski definition) is 7. The number of azo groups is 2. The molecule has 0 saturated heterocycles. The van der Waals surface area contributed by atoms with Crippen LogP contribution in [0.5, 0.6) is 0 Å². The Balaban J connectivity index is 1.48. The fourth-order valence-corrected chi connectivity index (χ4v) is 7.87. The number of carbonyl (C=O) groups is 1. The van der Waals surface area contributed by atoms with Crippen LogP contribution in [0.25, 0.3) is 10.8 Å². The van der Waals surface area contributed by atoms with E-state index in [2.05, 4.69) is 41.4 Å². The number of nitrogens with zero attached hydrogens (tertiary/aromatic N) is 6. The van der Waals surface area contributed by atoms with Crippen LogP contribution >= 0.6 is 0 Å². The van der Waals surface area contributed by atoms with Crippen LogP contribution < -0.4 is 16.0 Å². The van der Waals surface area contributed by atoms with Gasteiger partial charge in [0, 0.05) is 40.3 Å². The standard InChI is InChI=1S/C37H29N9O13S4/c1-20-30(19-38)36(40-22-3-8-25(9-4-22)60(48,49)50)42-37(41-23-5-10-26(11-6-23)61(51,52)53)35(20)46-44-31-15-16-32(29-18-27(62(54,55)56)12-13-28(29)31)43-45-33-14-7-24(39-21(2)47)17-34(33)63(57,58)59/h3-18H,1-2H3,(H,39,47)(H2,40,41,42)(H,48,49,50)(H,51,52,53)(H,54,55,56)(H,57,58,59). The SMILES string of the molecule is CC(=O)Nc1ccc(N=Nc2ccc(N=Nc3c(Nc4ccc(S(=O)(=O)O)cc4)nc(Nc4ccc(S(=O)(=O)O)cc4)c(C#N)c3C)c3ccc(S(=O)(=O)O)cc23)c(S(=O)(=O)O)c1. The molecule has 63 heavy (non-hydrogen) atoms. The van der Waals surface area contributed by atoms with Gasteiger partial charge in [0.2, 0.25) is 5.91 Å². The molecule has 0 bridgehead atoms. The van der Waals surface area contributed by atoms with Crippen molar-refractivity contribution < 1.29 is 56.7 Å². The summed E-state index contributed by atoms with van der Waals surface area (Å²) in [6.07, 6.45) is 0. The van der Waals surface area contributed by atoms with E-state index in [9.17, 15) is 61.9 Å². The van der Waals surface area contributed by atoms with E-state index in [1.807, 2.05) is 6.07 Å². The highest BCUT2D eigenvalue weighted by Crippen LogP contribution is 2.41. The second kappa shape index (κ2) is 17.3. The van der Waals surface area contributed by atoms with Gasteiger partial charge in [-0.25, -0.2) is 4.98 Å². The summed E-state index contributed by atoms with van der Waals surface area (Å²) in [6, 6.07) is 21.0. The lowest BCUT2D eigenvalue weighted by molar-refractivity contribution is -0.114. The van der Waals surface area contributed by atoms with Gasteiger partial charge in [0.25, 0.3) is 40.5 Å². The van der Waals surface area contributed by atoms with Crippen LogP contribution in [-0.4, -0.2) is 62.8 Å². The molecule has 0 spiro atoms. The van der Waals surface area contributed by atoms with Crippen LogP contribution in [-0.2, 0) is 45.3 Å². The lowest BCUT2D eigenvalue weighted by Gasteiger charge is -2.16. The summed E-state index contributed by atoms with van der Waals surface area (Å²) in [4.78, 5) is 13.9. The third kappa shape index (κ3) is 10.7. The minimum Gasteiger partial charge on any atom is -0.339 e. The highest BCUT2D eigenvalue weighted by Gasteiger charge is 2.21. The van der Waals surface area contributed by atoms with Crippen molar-refractivity contribution in [3.8, 4) is 6.07 Å². The summed E-state index contributed by atoms with van der Waals surface area (Å²) in [6.45, 7) is 2.68. The molecule has 1 aromatic heterocycles. The minimum atomic E-state index is -4.91. The quantitative estimate of drug-likeness (QED) is 0.0431. The Kier molecular flexibility index (Phi) is 12.5. The van der Waals surface area contributed by atoms with Gasteiger partial charge in [-0.15, -0.1) is 20.5 Å². The van der Waals surface area contributed by atoms with Gasteiger partial charge in [0.15, 0.2) is 11.6 Å². The molecule has 26 heteroatoms. The Labute approximate surface area is 358 Å². The monoisotopic (exact) mass is 935 g/mol. The van der Waals surface area contributed by atoms with Gasteiger partial charge >= 0.3 is 0 Å². The molecule has 0 aliphatic heterocycles. The Hall–Kier alpha value is -7.09. The summed E-state index contributed by atoms with van der Waals surface area (Å²) in [7, 11) is -18.8. The number of nitriles is 1. The van der Waals surface area contributed by atoms with E-state index in [-0.39, 0.29) is 73.3 Å². The number of pyridine rings is 1. The Morgan fingerprint density at radius 2 is 1.03 bits per heavy atom. The van der Waals surface area contributed by atoms with E-state index in [0.29, 0.717) is 0 Å². The second-order valence-electron chi connectivity index (χ2n) is 13.0. The fourth-order valence-electron chi connectivity index (χ4n) is 5.75. The molecule has 5 aromatic carbocycles. The summed E-state index contributed by atoms with van der Waals surface area (Å²) in [5, 5.41) is 35.4. The van der Waals surface area contributed by atoms with Crippen LogP contribution in [0.4, 0.5) is 51.4 Å². The predicted octanol–water partition coefficient (Wildman–Crippen LogP) is 7.68. The van der Waals surface area contributed by atoms with Gasteiger partial charge in [0.1, 0.15) is 22.3 Å². The first-order valence-electron chi connectivity index (χ1n) is 17.3. The Morgan fingerprint density at radius 3 is 1.54 bits per heavy atom. The smallest absolute Gasteiger partial charge is 0.296 e. The average Bonchev–Trinajstić information content (AvgIpc) is 3.19. The van der Waals surface area contributed by atoms with E-state index in [1.165, 1.54) is 62.4 Å². The van der Waals surface area contributed by atoms with Crippen LogP contribution in [0, 0.1) is 18.3 Å². The first-order chi connectivity index (χ1) is 29.4. The van der Waals surface area contributed by atoms with Gasteiger partial charge < -0.3 is 16.0 Å². The summed E-state index contributed by atoms with van der Waals surface area (Å²) in [5.74, 6) is -0.667. The maximum atomic E-state index is 12.2. The first kappa shape index (κ1) is 45.4. The molecule has 0 aliphatic rings. The van der Waals surface area contributed by atoms with Crippen molar-refractivity contribution in [3.05, 3.63) is 108 Å². The topological polar surface area (TPSA) is 357 Å². The average molecular weight is 936 g/mol. The van der Waals surface area contributed by atoms with Gasteiger partial charge in [-0.05, 0) is 97.9 Å². The van der Waals surface area contributed by atoms with E-state index < -0.39 is 66.0 Å². The molecular formula is C37H29N9O13S4. The van der Waals surface area contributed by atoms with E-state index >= 15 is 0 Å². The van der Waals surface area contributed by atoms with E-state index in [0.717, 1.165) is 48.5 Å². The molecule has 0 unspecified atom stereocenters. The van der Waals surface area contributed by atoms with E-state index in [1.54, 1.807) is 0 Å². The number of nitrogens with one attached hydrogen (secondary N) is 3. The van der Waals surface area contributed by atoms with Gasteiger partial charge in [-0.3, -0.25) is 23.0 Å². The molecule has 0 atom stereocenters. The van der Waals surface area contributed by atoms with Gasteiger partial charge in [0.05, 0.1) is 31.6 Å². The third-order valence-electron chi connectivity index (χ3n) is 8.68. The van der Waals surface area contributed by atoms with Crippen LogP contribution in [0.15, 0.2) is 137 Å². The van der Waals surface area contributed by atoms with Crippen molar-refractivity contribution in [2.75, 3.05) is 16.0 Å². The number of carbonyl (C=O) groups excluding carboxylic acids is 1. The molecular weight excluding hydrogens is 907 g/mol. The molecule has 0 radical (unpaired) electrons. The summed E-state index contributed by atoms with van der Waals surface area (Å²) < 4.78 is 134. The Bertz CT molecular complexity index is 3410. The lowest BCUT2D eigenvalue weighted by atomic mass is 10.1. The highest BCUT2D eigenvalue weighted by atomic mass is 32.2. The summed E-state index contributed by atoms with van der Waals surface area (Å²) >= 11 is 0. The largest absolute Gasteiger partial charge is 0.339 e. The van der Waals surface area contributed by atoms with Crippen LogP contribution in [0.1, 0.15) is 18.1 Å². The maximum Gasteiger partial charge on any atom is 0.296 e. The fraction of sp³-hybridized carbons (Fsp3) is 0.0541. The van der Waals surface area contributed by atoms with Crippen molar-refractivity contribution in [1.82, 2.24) is 4.98 Å². The zero-order chi connectivity index (χ0) is 46.1. The van der Waals surface area contributed by atoms with Crippen molar-refractivity contribution in [2.24, 2.45) is 20.5 Å². The van der Waals surface area contributed by atoms with Crippen molar-refractivity contribution >= 4 is 109 Å². The molecule has 22 nitrogen and oxygen atoms in total. The molecule has 0 fully saturated rings. The Morgan fingerprint density at radius 1 is 0.571 bits per heavy atom. The first-order valence-corrected chi connectivity index (χ1v) is 23.1. The van der Waals surface area contributed by atoms with Crippen molar-refractivity contribution in [3.63, 3.8) is 0 Å². The maximum absolute atomic E-state index is 12.2. The number of aromatic nitrogens is 1.